The van der Waals surface area contributed by atoms with Crippen molar-refractivity contribution < 1.29 is 0 Å². The molecule has 0 radical (unpaired) electrons. The molecule has 5 heteroatoms. The van der Waals surface area contributed by atoms with Gasteiger partial charge in [0.05, 0.1) is 17.1 Å². The summed E-state index contributed by atoms with van der Waals surface area (Å²) in [6.07, 6.45) is 1.76. The van der Waals surface area contributed by atoms with Crippen LogP contribution in [-0.2, 0) is 0 Å². The largest absolute Gasteiger partial charge is 0.396 e. The van der Waals surface area contributed by atoms with E-state index in [2.05, 4.69) is 10.1 Å². The second-order valence-corrected chi connectivity index (χ2v) is 3.68. The van der Waals surface area contributed by atoms with E-state index in [0.717, 1.165) is 22.2 Å². The third kappa shape index (κ3) is 1.21. The number of nitrogens with two attached hydrogens (primary N) is 1. The Morgan fingerprint density at radius 3 is 2.69 bits per heavy atom. The van der Waals surface area contributed by atoms with Gasteiger partial charge in [0.15, 0.2) is 0 Å². The summed E-state index contributed by atoms with van der Waals surface area (Å²) in [6, 6.07) is 0. The van der Waals surface area contributed by atoms with Gasteiger partial charge in [-0.15, -0.1) is 11.3 Å². The lowest BCUT2D eigenvalue weighted by Crippen LogP contribution is -1.98. The SMILES string of the molecule is Cc1nn(-c2nccs2)c(C)c1N. The number of thiazole rings is 1. The fourth-order valence-electron chi connectivity index (χ4n) is 1.16. The summed E-state index contributed by atoms with van der Waals surface area (Å²) >= 11 is 1.55. The highest BCUT2D eigenvalue weighted by Gasteiger charge is 2.10. The van der Waals surface area contributed by atoms with E-state index in [4.69, 9.17) is 5.73 Å². The Balaban J connectivity index is 2.59. The minimum Gasteiger partial charge on any atom is -0.396 e. The maximum atomic E-state index is 5.80. The number of nitrogens with zero attached hydrogens (tertiary/aromatic N) is 3. The molecule has 0 spiro atoms. The number of rotatable bonds is 1. The molecule has 13 heavy (non-hydrogen) atoms. The van der Waals surface area contributed by atoms with Crippen molar-refractivity contribution in [1.29, 1.82) is 0 Å². The number of hydrogen-bond acceptors (Lipinski definition) is 4. The van der Waals surface area contributed by atoms with Crippen LogP contribution in [0.1, 0.15) is 11.4 Å². The molecular weight excluding hydrogens is 184 g/mol. The summed E-state index contributed by atoms with van der Waals surface area (Å²) in [5.74, 6) is 0. The van der Waals surface area contributed by atoms with Gasteiger partial charge in [0.1, 0.15) is 0 Å². The van der Waals surface area contributed by atoms with E-state index in [1.165, 1.54) is 0 Å². The molecule has 0 aliphatic rings. The lowest BCUT2D eigenvalue weighted by Gasteiger charge is -1.97. The molecule has 0 saturated carbocycles. The highest BCUT2D eigenvalue weighted by Crippen LogP contribution is 2.20. The molecule has 0 aromatic carbocycles. The van der Waals surface area contributed by atoms with Crippen LogP contribution in [0.4, 0.5) is 5.69 Å². The normalized spacial score (nSPS) is 10.6. The number of anilines is 1. The van der Waals surface area contributed by atoms with Crippen LogP contribution in [0.3, 0.4) is 0 Å². The zero-order valence-corrected chi connectivity index (χ0v) is 8.30. The molecule has 68 valence electrons. The average Bonchev–Trinajstić information content (AvgIpc) is 2.70. The minimum atomic E-state index is 0.746. The van der Waals surface area contributed by atoms with E-state index < -0.39 is 0 Å². The fraction of sp³-hybridized carbons (Fsp3) is 0.250. The lowest BCUT2D eigenvalue weighted by atomic mass is 10.3. The van der Waals surface area contributed by atoms with Crippen molar-refractivity contribution in [3.05, 3.63) is 23.0 Å². The van der Waals surface area contributed by atoms with E-state index in [9.17, 15) is 0 Å². The zero-order valence-electron chi connectivity index (χ0n) is 7.48. The van der Waals surface area contributed by atoms with Crippen LogP contribution in [-0.4, -0.2) is 14.8 Å². The maximum Gasteiger partial charge on any atom is 0.210 e. The van der Waals surface area contributed by atoms with Gasteiger partial charge in [-0.25, -0.2) is 9.67 Å². The zero-order chi connectivity index (χ0) is 9.42. The molecule has 0 bridgehead atoms. The first-order valence-electron chi connectivity index (χ1n) is 3.91. The lowest BCUT2D eigenvalue weighted by molar-refractivity contribution is 0.825. The second kappa shape index (κ2) is 2.85. The Kier molecular flexibility index (Phi) is 1.81. The van der Waals surface area contributed by atoms with Crippen molar-refractivity contribution in [2.45, 2.75) is 13.8 Å². The van der Waals surface area contributed by atoms with E-state index in [0.29, 0.717) is 0 Å². The molecular formula is C8H10N4S. The molecule has 2 N–H and O–H groups in total. The smallest absolute Gasteiger partial charge is 0.210 e. The summed E-state index contributed by atoms with van der Waals surface area (Å²) in [5.41, 5.74) is 8.35. The van der Waals surface area contributed by atoms with Crippen molar-refractivity contribution in [3.63, 3.8) is 0 Å². The Bertz CT molecular complexity index is 416. The van der Waals surface area contributed by atoms with Crippen LogP contribution in [0, 0.1) is 13.8 Å². The van der Waals surface area contributed by atoms with Gasteiger partial charge in [-0.3, -0.25) is 0 Å². The van der Waals surface area contributed by atoms with Crippen molar-refractivity contribution in [2.75, 3.05) is 5.73 Å². The van der Waals surface area contributed by atoms with Gasteiger partial charge in [0.2, 0.25) is 5.13 Å². The van der Waals surface area contributed by atoms with E-state index >= 15 is 0 Å². The number of aromatic nitrogens is 3. The van der Waals surface area contributed by atoms with Gasteiger partial charge in [0, 0.05) is 11.6 Å². The molecule has 0 amide bonds. The highest BCUT2D eigenvalue weighted by molar-refractivity contribution is 7.12. The van der Waals surface area contributed by atoms with E-state index in [1.54, 1.807) is 22.2 Å². The summed E-state index contributed by atoms with van der Waals surface area (Å²) in [5, 5.41) is 7.07. The van der Waals surface area contributed by atoms with Gasteiger partial charge < -0.3 is 5.73 Å². The van der Waals surface area contributed by atoms with Crippen LogP contribution >= 0.6 is 11.3 Å². The van der Waals surface area contributed by atoms with Gasteiger partial charge in [-0.1, -0.05) is 0 Å². The van der Waals surface area contributed by atoms with Crippen molar-refractivity contribution in [3.8, 4) is 5.13 Å². The van der Waals surface area contributed by atoms with Crippen molar-refractivity contribution in [2.24, 2.45) is 0 Å². The molecule has 0 atom stereocenters. The van der Waals surface area contributed by atoms with E-state index in [-0.39, 0.29) is 0 Å². The minimum absolute atomic E-state index is 0.746. The maximum absolute atomic E-state index is 5.80. The Labute approximate surface area is 80.0 Å². The monoisotopic (exact) mass is 194 g/mol. The summed E-state index contributed by atoms with van der Waals surface area (Å²) in [4.78, 5) is 4.17. The van der Waals surface area contributed by atoms with Crippen molar-refractivity contribution >= 4 is 17.0 Å². The third-order valence-electron chi connectivity index (χ3n) is 1.95. The Hall–Kier alpha value is -1.36. The molecule has 2 rings (SSSR count). The molecule has 0 aliphatic heterocycles. The molecule has 0 unspecified atom stereocenters. The number of nitrogen functional groups attached to an aromatic ring is 1. The predicted molar refractivity (Wildman–Crippen MR) is 53.1 cm³/mol. The van der Waals surface area contributed by atoms with Crippen LogP contribution < -0.4 is 5.73 Å². The summed E-state index contributed by atoms with van der Waals surface area (Å²) in [7, 11) is 0. The molecule has 0 fully saturated rings. The third-order valence-corrected chi connectivity index (χ3v) is 2.69. The predicted octanol–water partition coefficient (Wildman–Crippen LogP) is 1.53. The first kappa shape index (κ1) is 8.25. The molecule has 0 saturated heterocycles. The van der Waals surface area contributed by atoms with Crippen LogP contribution in [0.15, 0.2) is 11.6 Å². The molecule has 0 aliphatic carbocycles. The molecule has 2 aromatic heterocycles. The van der Waals surface area contributed by atoms with Gasteiger partial charge in [-0.2, -0.15) is 5.10 Å². The Morgan fingerprint density at radius 1 is 1.46 bits per heavy atom. The molecule has 4 nitrogen and oxygen atoms in total. The fourth-order valence-corrected chi connectivity index (χ4v) is 1.80. The van der Waals surface area contributed by atoms with Crippen LogP contribution in [0.5, 0.6) is 0 Å². The quantitative estimate of drug-likeness (QED) is 0.749. The standard InChI is InChI=1S/C8H10N4S/c1-5-7(9)6(2)12(11-5)8-10-3-4-13-8/h3-4H,9H2,1-2H3. The van der Waals surface area contributed by atoms with Gasteiger partial charge in [-0.05, 0) is 13.8 Å². The number of hydrogen-bond donors (Lipinski definition) is 1. The number of aryl methyl sites for hydroxylation is 1. The van der Waals surface area contributed by atoms with E-state index in [1.807, 2.05) is 19.2 Å². The second-order valence-electron chi connectivity index (χ2n) is 2.81. The van der Waals surface area contributed by atoms with Crippen LogP contribution in [0.25, 0.3) is 5.13 Å². The first-order valence-corrected chi connectivity index (χ1v) is 4.79. The van der Waals surface area contributed by atoms with Gasteiger partial charge in [0.25, 0.3) is 0 Å². The average molecular weight is 194 g/mol. The highest BCUT2D eigenvalue weighted by atomic mass is 32.1. The first-order chi connectivity index (χ1) is 6.20. The van der Waals surface area contributed by atoms with Crippen LogP contribution in [0.2, 0.25) is 0 Å². The van der Waals surface area contributed by atoms with Gasteiger partial charge >= 0.3 is 0 Å². The summed E-state index contributed by atoms with van der Waals surface area (Å²) in [6.45, 7) is 3.84. The topological polar surface area (TPSA) is 56.7 Å². The molecule has 2 heterocycles. The molecule has 2 aromatic rings. The van der Waals surface area contributed by atoms with Crippen molar-refractivity contribution in [1.82, 2.24) is 14.8 Å². The Morgan fingerprint density at radius 2 is 2.23 bits per heavy atom. The summed E-state index contributed by atoms with van der Waals surface area (Å²) < 4.78 is 1.77.